The number of carbonyl (C=O) groups is 1. The maximum absolute atomic E-state index is 12.6. The van der Waals surface area contributed by atoms with E-state index in [-0.39, 0.29) is 11.7 Å². The van der Waals surface area contributed by atoms with E-state index < -0.39 is 0 Å². The van der Waals surface area contributed by atoms with Crippen molar-refractivity contribution >= 4 is 5.78 Å². The number of carbonyl (C=O) groups excluding carboxylic acids is 1. The monoisotopic (exact) mass is 282 g/mol. The fourth-order valence-electron chi connectivity index (χ4n) is 2.84. The van der Waals surface area contributed by atoms with Gasteiger partial charge in [-0.2, -0.15) is 0 Å². The summed E-state index contributed by atoms with van der Waals surface area (Å²) in [6.45, 7) is 0.668. The molecule has 0 radical (unpaired) electrons. The number of rotatable bonds is 4. The van der Waals surface area contributed by atoms with Crippen molar-refractivity contribution in [2.24, 2.45) is 0 Å². The fraction of sp³-hybridized carbons (Fsp3) is 0.278. The average molecular weight is 282 g/mol. The molecule has 0 fully saturated rings. The van der Waals surface area contributed by atoms with Gasteiger partial charge in [-0.05, 0) is 36.1 Å². The molecule has 3 heteroatoms. The molecule has 21 heavy (non-hydrogen) atoms. The lowest BCUT2D eigenvalue weighted by atomic mass is 9.87. The normalized spacial score (nSPS) is 16.7. The molecule has 1 aliphatic rings. The first-order chi connectivity index (χ1) is 10.3. The first-order valence-corrected chi connectivity index (χ1v) is 7.17. The molecular formula is C18H18O3. The number of fused-ring (bicyclic) bond motifs is 1. The number of benzene rings is 2. The van der Waals surface area contributed by atoms with Crippen molar-refractivity contribution in [2.45, 2.75) is 18.8 Å². The predicted molar refractivity (Wildman–Crippen MR) is 81.2 cm³/mol. The van der Waals surface area contributed by atoms with Crippen LogP contribution in [0.1, 0.15) is 34.7 Å². The second-order valence-corrected chi connectivity index (χ2v) is 5.20. The Balaban J connectivity index is 1.83. The van der Waals surface area contributed by atoms with E-state index in [1.54, 1.807) is 7.11 Å². The van der Waals surface area contributed by atoms with Gasteiger partial charge in [0.1, 0.15) is 11.5 Å². The first-order valence-electron chi connectivity index (χ1n) is 7.17. The molecule has 1 atom stereocenters. The van der Waals surface area contributed by atoms with Crippen LogP contribution in [0.3, 0.4) is 0 Å². The van der Waals surface area contributed by atoms with E-state index in [4.69, 9.17) is 9.47 Å². The fourth-order valence-corrected chi connectivity index (χ4v) is 2.84. The highest BCUT2D eigenvalue weighted by Crippen LogP contribution is 2.36. The molecule has 2 aromatic rings. The summed E-state index contributed by atoms with van der Waals surface area (Å²) in [5.74, 6) is 1.88. The van der Waals surface area contributed by atoms with Crippen molar-refractivity contribution in [1.29, 1.82) is 0 Å². The number of para-hydroxylation sites is 2. The topological polar surface area (TPSA) is 35.5 Å². The minimum atomic E-state index is 0.120. The number of hydrogen-bond donors (Lipinski definition) is 0. The van der Waals surface area contributed by atoms with Gasteiger partial charge in [0.05, 0.1) is 19.3 Å². The van der Waals surface area contributed by atoms with E-state index in [0.717, 1.165) is 17.7 Å². The van der Waals surface area contributed by atoms with E-state index in [9.17, 15) is 4.79 Å². The van der Waals surface area contributed by atoms with Crippen LogP contribution in [-0.2, 0) is 0 Å². The minimum Gasteiger partial charge on any atom is -0.496 e. The summed E-state index contributed by atoms with van der Waals surface area (Å²) in [4.78, 5) is 12.6. The standard InChI is InChI=1S/C18H18O3/c1-20-17-8-4-3-7-15(17)16(19)12-13-10-11-21-18-9-5-2-6-14(13)18/h2-9,13H,10-12H2,1H3. The minimum absolute atomic E-state index is 0.120. The third kappa shape index (κ3) is 2.77. The lowest BCUT2D eigenvalue weighted by molar-refractivity contribution is 0.0963. The summed E-state index contributed by atoms with van der Waals surface area (Å²) >= 11 is 0. The smallest absolute Gasteiger partial charge is 0.167 e. The molecule has 0 aliphatic carbocycles. The van der Waals surface area contributed by atoms with Gasteiger partial charge < -0.3 is 9.47 Å². The second-order valence-electron chi connectivity index (χ2n) is 5.20. The molecule has 0 spiro atoms. The molecular weight excluding hydrogens is 264 g/mol. The Bertz CT molecular complexity index is 648. The van der Waals surface area contributed by atoms with Gasteiger partial charge in [-0.25, -0.2) is 0 Å². The largest absolute Gasteiger partial charge is 0.496 e. The summed E-state index contributed by atoms with van der Waals surface area (Å²) in [6, 6.07) is 15.4. The maximum Gasteiger partial charge on any atom is 0.167 e. The van der Waals surface area contributed by atoms with Gasteiger partial charge in [0, 0.05) is 6.42 Å². The zero-order valence-corrected chi connectivity index (χ0v) is 12.0. The Labute approximate surface area is 124 Å². The van der Waals surface area contributed by atoms with Gasteiger partial charge in [0.2, 0.25) is 0 Å². The number of Topliss-reactive ketones (excluding diaryl/α,β-unsaturated/α-hetero) is 1. The number of hydrogen-bond acceptors (Lipinski definition) is 3. The van der Waals surface area contributed by atoms with Crippen molar-refractivity contribution < 1.29 is 14.3 Å². The maximum atomic E-state index is 12.6. The molecule has 0 aromatic heterocycles. The van der Waals surface area contributed by atoms with Gasteiger partial charge in [-0.1, -0.05) is 30.3 Å². The molecule has 1 aliphatic heterocycles. The predicted octanol–water partition coefficient (Wildman–Crippen LogP) is 3.83. The Kier molecular flexibility index (Phi) is 3.91. The molecule has 1 unspecified atom stereocenters. The van der Waals surface area contributed by atoms with Crippen LogP contribution in [0.4, 0.5) is 0 Å². The van der Waals surface area contributed by atoms with Crippen molar-refractivity contribution in [3.05, 3.63) is 59.7 Å². The van der Waals surface area contributed by atoms with Crippen LogP contribution in [-0.4, -0.2) is 19.5 Å². The first kappa shape index (κ1) is 13.7. The summed E-state index contributed by atoms with van der Waals surface area (Å²) < 4.78 is 10.9. The molecule has 3 rings (SSSR count). The highest BCUT2D eigenvalue weighted by molar-refractivity contribution is 5.99. The Hall–Kier alpha value is -2.29. The molecule has 0 saturated heterocycles. The van der Waals surface area contributed by atoms with Gasteiger partial charge in [0.15, 0.2) is 5.78 Å². The van der Waals surface area contributed by atoms with Crippen molar-refractivity contribution in [3.63, 3.8) is 0 Å². The summed E-state index contributed by atoms with van der Waals surface area (Å²) in [5.41, 5.74) is 1.79. The van der Waals surface area contributed by atoms with Crippen LogP contribution in [0, 0.1) is 0 Å². The van der Waals surface area contributed by atoms with Crippen LogP contribution in [0.15, 0.2) is 48.5 Å². The van der Waals surface area contributed by atoms with E-state index >= 15 is 0 Å². The Morgan fingerprint density at radius 1 is 1.19 bits per heavy atom. The van der Waals surface area contributed by atoms with Crippen LogP contribution < -0.4 is 9.47 Å². The van der Waals surface area contributed by atoms with Crippen molar-refractivity contribution in [3.8, 4) is 11.5 Å². The highest BCUT2D eigenvalue weighted by atomic mass is 16.5. The van der Waals surface area contributed by atoms with Gasteiger partial charge in [0.25, 0.3) is 0 Å². The zero-order chi connectivity index (χ0) is 14.7. The van der Waals surface area contributed by atoms with Crippen LogP contribution in [0.5, 0.6) is 11.5 Å². The lowest BCUT2D eigenvalue weighted by Gasteiger charge is -2.25. The summed E-state index contributed by atoms with van der Waals surface area (Å²) in [7, 11) is 1.59. The molecule has 0 N–H and O–H groups in total. The Morgan fingerprint density at radius 2 is 1.95 bits per heavy atom. The van der Waals surface area contributed by atoms with E-state index in [2.05, 4.69) is 6.07 Å². The van der Waals surface area contributed by atoms with Crippen molar-refractivity contribution in [1.82, 2.24) is 0 Å². The van der Waals surface area contributed by atoms with E-state index in [0.29, 0.717) is 24.3 Å². The van der Waals surface area contributed by atoms with Crippen LogP contribution in [0.2, 0.25) is 0 Å². The number of ketones is 1. The van der Waals surface area contributed by atoms with Crippen molar-refractivity contribution in [2.75, 3.05) is 13.7 Å². The lowest BCUT2D eigenvalue weighted by Crippen LogP contribution is -2.17. The molecule has 0 amide bonds. The average Bonchev–Trinajstić information content (AvgIpc) is 2.55. The number of methoxy groups -OCH3 is 1. The van der Waals surface area contributed by atoms with E-state index in [1.165, 1.54) is 0 Å². The van der Waals surface area contributed by atoms with Gasteiger partial charge in [-0.3, -0.25) is 4.79 Å². The van der Waals surface area contributed by atoms with Gasteiger partial charge in [-0.15, -0.1) is 0 Å². The second kappa shape index (κ2) is 6.00. The highest BCUT2D eigenvalue weighted by Gasteiger charge is 2.24. The SMILES string of the molecule is COc1ccccc1C(=O)CC1CCOc2ccccc21. The summed E-state index contributed by atoms with van der Waals surface area (Å²) in [6.07, 6.45) is 1.36. The molecule has 0 saturated carbocycles. The Morgan fingerprint density at radius 3 is 2.81 bits per heavy atom. The van der Waals surface area contributed by atoms with Gasteiger partial charge >= 0.3 is 0 Å². The number of ether oxygens (including phenoxy) is 2. The zero-order valence-electron chi connectivity index (χ0n) is 12.0. The quantitative estimate of drug-likeness (QED) is 0.799. The molecule has 0 bridgehead atoms. The van der Waals surface area contributed by atoms with Crippen LogP contribution in [0.25, 0.3) is 0 Å². The molecule has 1 heterocycles. The summed E-state index contributed by atoms with van der Waals surface area (Å²) in [5, 5.41) is 0. The molecule has 108 valence electrons. The third-order valence-corrected chi connectivity index (χ3v) is 3.92. The van der Waals surface area contributed by atoms with E-state index in [1.807, 2.05) is 42.5 Å². The molecule has 3 nitrogen and oxygen atoms in total. The molecule has 2 aromatic carbocycles. The van der Waals surface area contributed by atoms with Crippen LogP contribution >= 0.6 is 0 Å². The third-order valence-electron chi connectivity index (χ3n) is 3.92.